The predicted octanol–water partition coefficient (Wildman–Crippen LogP) is 5.77. The van der Waals surface area contributed by atoms with Crippen LogP contribution in [0.15, 0.2) is 0 Å². The Morgan fingerprint density at radius 3 is 1.48 bits per heavy atom. The second kappa shape index (κ2) is 4.39. The summed E-state index contributed by atoms with van der Waals surface area (Å²) < 4.78 is 0. The van der Waals surface area contributed by atoms with E-state index < -0.39 is 0 Å². The highest BCUT2D eigenvalue weighted by atomic mass is 14.7. The van der Waals surface area contributed by atoms with Crippen LogP contribution in [0, 0.1) is 71.0 Å². The van der Waals surface area contributed by atoms with Gasteiger partial charge in [-0.1, -0.05) is 12.8 Å². The molecule has 7 saturated carbocycles. The van der Waals surface area contributed by atoms with Gasteiger partial charge in [-0.25, -0.2) is 0 Å². The van der Waals surface area contributed by atoms with Gasteiger partial charge in [-0.15, -0.1) is 0 Å². The van der Waals surface area contributed by atoms with Gasteiger partial charge in [0.2, 0.25) is 0 Å². The number of rotatable bonds is 0. The normalized spacial score (nSPS) is 67.8. The number of hydrogen-bond acceptors (Lipinski definition) is 0. The van der Waals surface area contributed by atoms with E-state index in [-0.39, 0.29) is 0 Å². The van der Waals surface area contributed by atoms with Crippen LogP contribution < -0.4 is 0 Å². The average molecular weight is 311 g/mol. The van der Waals surface area contributed by atoms with Crippen LogP contribution in [0.2, 0.25) is 0 Å². The molecule has 0 aliphatic heterocycles. The first-order valence-electron chi connectivity index (χ1n) is 11.4. The van der Waals surface area contributed by atoms with E-state index in [0.29, 0.717) is 0 Å². The van der Waals surface area contributed by atoms with Gasteiger partial charge >= 0.3 is 0 Å². The van der Waals surface area contributed by atoms with Gasteiger partial charge in [0.25, 0.3) is 0 Å². The van der Waals surface area contributed by atoms with Crippen molar-refractivity contribution in [2.24, 2.45) is 71.0 Å². The molecule has 0 bridgehead atoms. The molecule has 126 valence electrons. The van der Waals surface area contributed by atoms with Crippen molar-refractivity contribution in [3.05, 3.63) is 0 Å². The van der Waals surface area contributed by atoms with Crippen molar-refractivity contribution in [1.29, 1.82) is 0 Å². The Kier molecular flexibility index (Phi) is 2.53. The van der Waals surface area contributed by atoms with E-state index >= 15 is 0 Å². The molecule has 0 aromatic carbocycles. The molecule has 7 fully saturated rings. The summed E-state index contributed by atoms with van der Waals surface area (Å²) in [6, 6.07) is 0. The summed E-state index contributed by atoms with van der Waals surface area (Å²) in [6.07, 6.45) is 18.0. The van der Waals surface area contributed by atoms with E-state index in [1.165, 1.54) is 71.0 Å². The van der Waals surface area contributed by atoms with E-state index in [2.05, 4.69) is 0 Å². The van der Waals surface area contributed by atoms with Gasteiger partial charge in [-0.2, -0.15) is 0 Å². The Hall–Kier alpha value is 0. The topological polar surface area (TPSA) is 0 Å². The molecule has 0 heterocycles. The maximum Gasteiger partial charge on any atom is -0.0318 e. The lowest BCUT2D eigenvalue weighted by atomic mass is 9.58. The first-order chi connectivity index (χ1) is 11.4. The first-order valence-corrected chi connectivity index (χ1v) is 11.4. The van der Waals surface area contributed by atoms with E-state index in [4.69, 9.17) is 0 Å². The van der Waals surface area contributed by atoms with Crippen LogP contribution in [0.3, 0.4) is 0 Å². The second-order valence-electron chi connectivity index (χ2n) is 11.2. The highest BCUT2D eigenvalue weighted by molar-refractivity contribution is 5.13. The summed E-state index contributed by atoms with van der Waals surface area (Å²) in [4.78, 5) is 0. The quantitative estimate of drug-likeness (QED) is 0.533. The first kappa shape index (κ1) is 13.2. The number of fused-ring (bicyclic) bond motifs is 11. The van der Waals surface area contributed by atoms with Gasteiger partial charge in [0.1, 0.15) is 0 Å². The fourth-order valence-electron chi connectivity index (χ4n) is 10.7. The molecular formula is C23H34. The van der Waals surface area contributed by atoms with Crippen molar-refractivity contribution in [3.8, 4) is 0 Å². The lowest BCUT2D eigenvalue weighted by Crippen LogP contribution is -2.41. The van der Waals surface area contributed by atoms with Crippen molar-refractivity contribution < 1.29 is 0 Å². The molecule has 12 unspecified atom stereocenters. The van der Waals surface area contributed by atoms with E-state index in [1.807, 2.05) is 0 Å². The van der Waals surface area contributed by atoms with Crippen molar-refractivity contribution in [3.63, 3.8) is 0 Å². The Labute approximate surface area is 142 Å². The van der Waals surface area contributed by atoms with Gasteiger partial charge in [0.05, 0.1) is 0 Å². The van der Waals surface area contributed by atoms with Crippen molar-refractivity contribution in [2.45, 2.75) is 70.6 Å². The molecule has 0 amide bonds. The van der Waals surface area contributed by atoms with Gasteiger partial charge in [-0.3, -0.25) is 0 Å². The SMILES string of the molecule is C1CC2CC3CC4CCC5CC6CC7CCC7C6C5C4C3C2C1. The minimum atomic E-state index is 1.18. The monoisotopic (exact) mass is 310 g/mol. The Morgan fingerprint density at radius 2 is 0.870 bits per heavy atom. The Morgan fingerprint density at radius 1 is 0.348 bits per heavy atom. The van der Waals surface area contributed by atoms with Gasteiger partial charge in [-0.05, 0) is 129 Å². The molecule has 0 saturated heterocycles. The lowest BCUT2D eigenvalue weighted by Gasteiger charge is -2.47. The predicted molar refractivity (Wildman–Crippen MR) is 92.7 cm³/mol. The molecule has 0 radical (unpaired) electrons. The van der Waals surface area contributed by atoms with Crippen LogP contribution in [-0.2, 0) is 0 Å². The lowest BCUT2D eigenvalue weighted by molar-refractivity contribution is 0.0136. The molecule has 7 rings (SSSR count). The van der Waals surface area contributed by atoms with Gasteiger partial charge < -0.3 is 0 Å². The molecule has 0 aromatic heterocycles. The molecule has 0 spiro atoms. The third-order valence-corrected chi connectivity index (χ3v) is 11.0. The molecule has 7 aliphatic rings. The minimum Gasteiger partial charge on any atom is -0.0527 e. The third-order valence-electron chi connectivity index (χ3n) is 11.0. The van der Waals surface area contributed by atoms with Gasteiger partial charge in [0, 0.05) is 0 Å². The van der Waals surface area contributed by atoms with Crippen LogP contribution in [0.1, 0.15) is 70.6 Å². The summed E-state index contributed by atoms with van der Waals surface area (Å²) >= 11 is 0. The summed E-state index contributed by atoms with van der Waals surface area (Å²) in [6.45, 7) is 0. The molecule has 0 heteroatoms. The van der Waals surface area contributed by atoms with E-state index in [1.54, 1.807) is 70.6 Å². The molecule has 0 aromatic rings. The third kappa shape index (κ3) is 1.52. The van der Waals surface area contributed by atoms with Gasteiger partial charge in [0.15, 0.2) is 0 Å². The van der Waals surface area contributed by atoms with Crippen LogP contribution in [0.5, 0.6) is 0 Å². The second-order valence-corrected chi connectivity index (χ2v) is 11.2. The molecule has 23 heavy (non-hydrogen) atoms. The molecule has 7 aliphatic carbocycles. The van der Waals surface area contributed by atoms with Crippen LogP contribution in [0.4, 0.5) is 0 Å². The maximum atomic E-state index is 1.68. The summed E-state index contributed by atoms with van der Waals surface area (Å²) in [7, 11) is 0. The Balaban J connectivity index is 1.27. The van der Waals surface area contributed by atoms with Crippen LogP contribution in [0.25, 0.3) is 0 Å². The molecule has 0 N–H and O–H groups in total. The van der Waals surface area contributed by atoms with Crippen LogP contribution >= 0.6 is 0 Å². The fraction of sp³-hybridized carbons (Fsp3) is 1.00. The summed E-state index contributed by atoms with van der Waals surface area (Å²) in [5.41, 5.74) is 0. The highest BCUT2D eigenvalue weighted by Gasteiger charge is 2.65. The van der Waals surface area contributed by atoms with Crippen molar-refractivity contribution >= 4 is 0 Å². The fourth-order valence-corrected chi connectivity index (χ4v) is 10.7. The summed E-state index contributed by atoms with van der Waals surface area (Å²) in [5.74, 6) is 14.5. The molecule has 0 nitrogen and oxygen atoms in total. The van der Waals surface area contributed by atoms with Crippen molar-refractivity contribution in [2.75, 3.05) is 0 Å². The smallest absolute Gasteiger partial charge is 0.0318 e. The maximum absolute atomic E-state index is 1.68. The average Bonchev–Trinajstić information content (AvgIpc) is 3.24. The zero-order chi connectivity index (χ0) is 14.7. The Bertz CT molecular complexity index is 522. The zero-order valence-electron chi connectivity index (χ0n) is 14.7. The molecular weight excluding hydrogens is 276 g/mol. The minimum absolute atomic E-state index is 1.18. The summed E-state index contributed by atoms with van der Waals surface area (Å²) in [5, 5.41) is 0. The number of hydrogen-bond donors (Lipinski definition) is 0. The zero-order valence-corrected chi connectivity index (χ0v) is 14.7. The van der Waals surface area contributed by atoms with E-state index in [9.17, 15) is 0 Å². The highest BCUT2D eigenvalue weighted by Crippen LogP contribution is 2.72. The van der Waals surface area contributed by atoms with Crippen molar-refractivity contribution in [1.82, 2.24) is 0 Å². The molecule has 12 atom stereocenters. The standard InChI is InChI=1S/C23H34/c1-2-12-8-16-10-14-4-5-15-11-17-9-13-6-7-19(13)21(17)23(15)22(14)20(16)18(12)3-1/h12-23H,1-11H2. The van der Waals surface area contributed by atoms with Crippen LogP contribution in [-0.4, -0.2) is 0 Å². The van der Waals surface area contributed by atoms with E-state index in [0.717, 1.165) is 0 Å². The largest absolute Gasteiger partial charge is 0.0527 e.